The molecule has 0 unspecified atom stereocenters. The van der Waals surface area contributed by atoms with E-state index in [4.69, 9.17) is 4.11 Å². The SMILES string of the molecule is [2H]C([2H])([2H])c1cc(C)cc(-c2cc[n+](C)c(-c3ccccc3C)c2)c1. The van der Waals surface area contributed by atoms with Gasteiger partial charge in [0.2, 0.25) is 5.69 Å². The molecule has 110 valence electrons. The van der Waals surface area contributed by atoms with E-state index >= 15 is 0 Å². The molecule has 0 radical (unpaired) electrons. The lowest BCUT2D eigenvalue weighted by Gasteiger charge is -2.08. The molecule has 0 N–H and O–H groups in total. The second-order valence-electron chi connectivity index (χ2n) is 5.81. The largest absolute Gasteiger partial charge is 0.213 e. The summed E-state index contributed by atoms with van der Waals surface area (Å²) in [5.74, 6) is 0. The molecular weight excluding hydrogens is 266 g/mol. The highest BCUT2D eigenvalue weighted by Gasteiger charge is 2.13. The minimum atomic E-state index is -2.10. The van der Waals surface area contributed by atoms with Crippen molar-refractivity contribution in [3.05, 3.63) is 77.5 Å². The van der Waals surface area contributed by atoms with Crippen molar-refractivity contribution in [2.24, 2.45) is 7.05 Å². The predicted molar refractivity (Wildman–Crippen MR) is 92.7 cm³/mol. The Balaban J connectivity index is 2.16. The third kappa shape index (κ3) is 2.80. The minimum Gasteiger partial charge on any atom is -0.201 e. The van der Waals surface area contributed by atoms with Crippen LogP contribution in [-0.4, -0.2) is 0 Å². The van der Waals surface area contributed by atoms with Gasteiger partial charge in [-0.2, -0.15) is 0 Å². The smallest absolute Gasteiger partial charge is 0.201 e. The van der Waals surface area contributed by atoms with Gasteiger partial charge in [-0.1, -0.05) is 47.5 Å². The van der Waals surface area contributed by atoms with Gasteiger partial charge in [0, 0.05) is 21.8 Å². The summed E-state index contributed by atoms with van der Waals surface area (Å²) in [4.78, 5) is 0. The van der Waals surface area contributed by atoms with Crippen molar-refractivity contribution >= 4 is 0 Å². The Hall–Kier alpha value is -2.41. The molecule has 1 nitrogen and oxygen atoms in total. The summed E-state index contributed by atoms with van der Waals surface area (Å²) < 4.78 is 25.2. The molecular formula is C21H22N+. The van der Waals surface area contributed by atoms with Crippen LogP contribution >= 0.6 is 0 Å². The van der Waals surface area contributed by atoms with Gasteiger partial charge in [0.05, 0.1) is 0 Å². The molecule has 3 aromatic rings. The molecule has 2 aromatic carbocycles. The van der Waals surface area contributed by atoms with Crippen molar-refractivity contribution in [1.29, 1.82) is 0 Å². The highest BCUT2D eigenvalue weighted by molar-refractivity contribution is 5.70. The third-order valence-corrected chi connectivity index (χ3v) is 3.98. The third-order valence-electron chi connectivity index (χ3n) is 3.98. The summed E-state index contributed by atoms with van der Waals surface area (Å²) in [6.07, 6.45) is 2.02. The van der Waals surface area contributed by atoms with Crippen LogP contribution in [0, 0.1) is 20.7 Å². The van der Waals surface area contributed by atoms with Gasteiger partial charge in [0.25, 0.3) is 0 Å². The zero-order valence-corrected chi connectivity index (χ0v) is 13.2. The van der Waals surface area contributed by atoms with Crippen molar-refractivity contribution in [1.82, 2.24) is 0 Å². The van der Waals surface area contributed by atoms with Crippen molar-refractivity contribution in [2.45, 2.75) is 20.7 Å². The fourth-order valence-corrected chi connectivity index (χ4v) is 2.83. The standard InChI is InChI=1S/C21H22N/c1-15-11-16(2)13-19(12-15)18-9-10-22(4)21(14-18)20-8-6-5-7-17(20)3/h5-14H,1-4H3/q+1/i1D3. The second-order valence-corrected chi connectivity index (χ2v) is 5.81. The van der Waals surface area contributed by atoms with Gasteiger partial charge in [0.1, 0.15) is 7.05 Å². The molecule has 0 aliphatic heterocycles. The fourth-order valence-electron chi connectivity index (χ4n) is 2.83. The van der Waals surface area contributed by atoms with Crippen LogP contribution < -0.4 is 4.57 Å². The van der Waals surface area contributed by atoms with Gasteiger partial charge in [-0.3, -0.25) is 0 Å². The first-order chi connectivity index (χ1) is 11.8. The molecule has 1 aromatic heterocycles. The first-order valence-electron chi connectivity index (χ1n) is 8.94. The van der Waals surface area contributed by atoms with Gasteiger partial charge < -0.3 is 0 Å². The van der Waals surface area contributed by atoms with Crippen LogP contribution in [0.1, 0.15) is 20.8 Å². The molecule has 0 saturated heterocycles. The van der Waals surface area contributed by atoms with Crippen molar-refractivity contribution in [3.63, 3.8) is 0 Å². The maximum atomic E-state index is 7.70. The first-order valence-corrected chi connectivity index (χ1v) is 7.44. The molecule has 0 atom stereocenters. The lowest BCUT2D eigenvalue weighted by molar-refractivity contribution is -0.660. The van der Waals surface area contributed by atoms with Crippen LogP contribution in [0.2, 0.25) is 0 Å². The average molecular weight is 291 g/mol. The Kier molecular flexibility index (Phi) is 2.93. The maximum absolute atomic E-state index is 7.70. The summed E-state index contributed by atoms with van der Waals surface area (Å²) >= 11 is 0. The second kappa shape index (κ2) is 5.76. The number of hydrogen-bond acceptors (Lipinski definition) is 0. The van der Waals surface area contributed by atoms with E-state index in [9.17, 15) is 0 Å². The number of aromatic nitrogens is 1. The van der Waals surface area contributed by atoms with E-state index in [0.29, 0.717) is 5.56 Å². The number of pyridine rings is 1. The van der Waals surface area contributed by atoms with Gasteiger partial charge in [-0.05, 0) is 43.5 Å². The normalized spacial score (nSPS) is 13.3. The Morgan fingerprint density at radius 2 is 1.64 bits per heavy atom. The van der Waals surface area contributed by atoms with E-state index in [1.807, 2.05) is 44.4 Å². The molecule has 0 fully saturated rings. The van der Waals surface area contributed by atoms with Crippen LogP contribution in [0.4, 0.5) is 0 Å². The Labute approximate surface area is 137 Å². The number of rotatable bonds is 2. The monoisotopic (exact) mass is 291 g/mol. The Morgan fingerprint density at radius 3 is 2.41 bits per heavy atom. The molecule has 0 saturated carbocycles. The first kappa shape index (κ1) is 11.2. The summed E-state index contributed by atoms with van der Waals surface area (Å²) in [6, 6.07) is 18.0. The van der Waals surface area contributed by atoms with Crippen molar-refractivity contribution in [3.8, 4) is 22.4 Å². The van der Waals surface area contributed by atoms with Gasteiger partial charge in [0.15, 0.2) is 6.20 Å². The van der Waals surface area contributed by atoms with Crippen LogP contribution in [0.15, 0.2) is 60.8 Å². The van der Waals surface area contributed by atoms with E-state index in [0.717, 1.165) is 22.4 Å². The van der Waals surface area contributed by atoms with Crippen molar-refractivity contribution in [2.75, 3.05) is 0 Å². The molecule has 0 amide bonds. The lowest BCUT2D eigenvalue weighted by Crippen LogP contribution is -2.30. The molecule has 1 heteroatoms. The summed E-state index contributed by atoms with van der Waals surface area (Å²) in [6.45, 7) is 1.93. The van der Waals surface area contributed by atoms with Crippen LogP contribution in [0.25, 0.3) is 22.4 Å². The van der Waals surface area contributed by atoms with E-state index in [1.165, 1.54) is 11.1 Å². The van der Waals surface area contributed by atoms with Gasteiger partial charge in [-0.15, -0.1) is 0 Å². The molecule has 1 heterocycles. The molecule has 22 heavy (non-hydrogen) atoms. The number of nitrogens with zero attached hydrogens (tertiary/aromatic N) is 1. The molecule has 0 spiro atoms. The summed E-state index contributed by atoms with van der Waals surface area (Å²) in [5, 5.41) is 0. The van der Waals surface area contributed by atoms with Gasteiger partial charge >= 0.3 is 0 Å². The number of aryl methyl sites for hydroxylation is 4. The summed E-state index contributed by atoms with van der Waals surface area (Å²) in [5.41, 5.74) is 6.78. The quantitative estimate of drug-likeness (QED) is 0.599. The zero-order chi connectivity index (χ0) is 18.2. The van der Waals surface area contributed by atoms with E-state index < -0.39 is 6.85 Å². The highest BCUT2D eigenvalue weighted by Crippen LogP contribution is 2.26. The molecule has 3 rings (SSSR count). The average Bonchev–Trinajstić information content (AvgIpc) is 2.55. The fraction of sp³-hybridized carbons (Fsp3) is 0.190. The maximum Gasteiger partial charge on any atom is 0.213 e. The van der Waals surface area contributed by atoms with E-state index in [1.54, 1.807) is 12.1 Å². The molecule has 0 bridgehead atoms. The lowest BCUT2D eigenvalue weighted by atomic mass is 9.98. The van der Waals surface area contributed by atoms with Gasteiger partial charge in [-0.25, -0.2) is 4.57 Å². The van der Waals surface area contributed by atoms with Crippen molar-refractivity contribution < 1.29 is 8.68 Å². The number of hydrogen-bond donors (Lipinski definition) is 0. The summed E-state index contributed by atoms with van der Waals surface area (Å²) in [7, 11) is 2.02. The van der Waals surface area contributed by atoms with Crippen LogP contribution in [0.5, 0.6) is 0 Å². The number of benzene rings is 2. The molecule has 0 aliphatic carbocycles. The Morgan fingerprint density at radius 1 is 0.864 bits per heavy atom. The zero-order valence-electron chi connectivity index (χ0n) is 16.2. The van der Waals surface area contributed by atoms with Crippen LogP contribution in [0.3, 0.4) is 0 Å². The Bertz CT molecular complexity index is 927. The minimum absolute atomic E-state index is 0.383. The topological polar surface area (TPSA) is 3.88 Å². The van der Waals surface area contributed by atoms with E-state index in [2.05, 4.69) is 29.7 Å². The molecule has 0 aliphatic rings. The van der Waals surface area contributed by atoms with E-state index in [-0.39, 0.29) is 0 Å². The highest BCUT2D eigenvalue weighted by atomic mass is 14.9. The van der Waals surface area contributed by atoms with Crippen LogP contribution in [-0.2, 0) is 7.05 Å². The predicted octanol–water partition coefficient (Wildman–Crippen LogP) is 4.77.